The van der Waals surface area contributed by atoms with Crippen LogP contribution in [0.2, 0.25) is 0 Å². The fourth-order valence-corrected chi connectivity index (χ4v) is 2.84. The van der Waals surface area contributed by atoms with Gasteiger partial charge in [0.05, 0.1) is 11.9 Å². The molecule has 0 bridgehead atoms. The summed E-state index contributed by atoms with van der Waals surface area (Å²) in [5.74, 6) is -0.190. The number of carbonyl (C=O) groups excluding carboxylic acids is 1. The molecule has 1 N–H and O–H groups in total. The molecule has 0 aliphatic heterocycles. The lowest BCUT2D eigenvalue weighted by atomic mass is 10.1. The van der Waals surface area contributed by atoms with E-state index in [4.69, 9.17) is 0 Å². The van der Waals surface area contributed by atoms with Crippen LogP contribution in [0.25, 0.3) is 0 Å². The van der Waals surface area contributed by atoms with E-state index in [-0.39, 0.29) is 17.0 Å². The fraction of sp³-hybridized carbons (Fsp3) is 0.476. The highest BCUT2D eigenvalue weighted by Gasteiger charge is 2.24. The predicted octanol–water partition coefficient (Wildman–Crippen LogP) is 2.79. The average molecular weight is 370 g/mol. The highest BCUT2D eigenvalue weighted by Crippen LogP contribution is 2.13. The summed E-state index contributed by atoms with van der Waals surface area (Å²) < 4.78 is 1.27. The van der Waals surface area contributed by atoms with Gasteiger partial charge in [-0.2, -0.15) is 5.10 Å². The summed E-state index contributed by atoms with van der Waals surface area (Å²) in [6.07, 6.45) is 3.03. The van der Waals surface area contributed by atoms with Gasteiger partial charge in [0.2, 0.25) is 5.91 Å². The molecule has 146 valence electrons. The number of anilines is 1. The van der Waals surface area contributed by atoms with Gasteiger partial charge in [0.25, 0.3) is 5.56 Å². The Balaban J connectivity index is 2.11. The first-order valence-corrected chi connectivity index (χ1v) is 9.37. The SMILES string of the molecule is CCC(C(=O)NC(C)(C)C)n1ncc(N(C)CCc2ccccc2)cc1=O. The Hall–Kier alpha value is -2.63. The highest BCUT2D eigenvalue weighted by atomic mass is 16.2. The van der Waals surface area contributed by atoms with Crippen LogP contribution < -0.4 is 15.8 Å². The lowest BCUT2D eigenvalue weighted by molar-refractivity contribution is -0.126. The van der Waals surface area contributed by atoms with Crippen molar-refractivity contribution in [3.05, 3.63) is 58.5 Å². The van der Waals surface area contributed by atoms with Gasteiger partial charge in [0, 0.05) is 25.2 Å². The Morgan fingerprint density at radius 3 is 2.48 bits per heavy atom. The first-order chi connectivity index (χ1) is 12.7. The third-order valence-electron chi connectivity index (χ3n) is 4.31. The maximum absolute atomic E-state index is 12.6. The molecule has 6 heteroatoms. The van der Waals surface area contributed by atoms with Gasteiger partial charge in [-0.15, -0.1) is 0 Å². The molecule has 2 aromatic rings. The van der Waals surface area contributed by atoms with Gasteiger partial charge in [-0.05, 0) is 39.2 Å². The molecule has 2 rings (SSSR count). The summed E-state index contributed by atoms with van der Waals surface area (Å²) in [5, 5.41) is 7.20. The van der Waals surface area contributed by atoms with Gasteiger partial charge in [-0.1, -0.05) is 37.3 Å². The van der Waals surface area contributed by atoms with Crippen LogP contribution in [0.3, 0.4) is 0 Å². The van der Waals surface area contributed by atoms with Gasteiger partial charge < -0.3 is 10.2 Å². The van der Waals surface area contributed by atoms with Crippen LogP contribution in [0, 0.1) is 0 Å². The smallest absolute Gasteiger partial charge is 0.269 e. The van der Waals surface area contributed by atoms with E-state index < -0.39 is 6.04 Å². The van der Waals surface area contributed by atoms with Crippen molar-refractivity contribution in [2.24, 2.45) is 0 Å². The van der Waals surface area contributed by atoms with Crippen molar-refractivity contribution in [2.45, 2.75) is 52.1 Å². The Kier molecular flexibility index (Phi) is 6.77. The Morgan fingerprint density at radius 1 is 1.26 bits per heavy atom. The van der Waals surface area contributed by atoms with Gasteiger partial charge in [0.15, 0.2) is 0 Å². The predicted molar refractivity (Wildman–Crippen MR) is 109 cm³/mol. The largest absolute Gasteiger partial charge is 0.373 e. The first-order valence-electron chi connectivity index (χ1n) is 9.37. The maximum Gasteiger partial charge on any atom is 0.269 e. The summed E-state index contributed by atoms with van der Waals surface area (Å²) in [6.45, 7) is 8.40. The van der Waals surface area contributed by atoms with Crippen LogP contribution in [0.15, 0.2) is 47.4 Å². The molecular weight excluding hydrogens is 340 g/mol. The van der Waals surface area contributed by atoms with E-state index in [0.29, 0.717) is 6.42 Å². The zero-order valence-corrected chi connectivity index (χ0v) is 16.9. The standard InChI is InChI=1S/C21H30N4O2/c1-6-18(20(27)23-21(2,3)4)25-19(26)14-17(15-22-25)24(5)13-12-16-10-8-7-9-11-16/h7-11,14-15,18H,6,12-13H2,1-5H3,(H,23,27). The first kappa shape index (κ1) is 20.7. The maximum atomic E-state index is 12.6. The molecule has 1 atom stereocenters. The molecule has 0 aliphatic rings. The van der Waals surface area contributed by atoms with Gasteiger partial charge in [-0.25, -0.2) is 4.68 Å². The van der Waals surface area contributed by atoms with E-state index in [1.54, 1.807) is 12.3 Å². The molecule has 6 nitrogen and oxygen atoms in total. The number of benzene rings is 1. The summed E-state index contributed by atoms with van der Waals surface area (Å²) >= 11 is 0. The number of rotatable bonds is 7. The van der Waals surface area contributed by atoms with Crippen LogP contribution in [-0.4, -0.2) is 34.8 Å². The average Bonchev–Trinajstić information content (AvgIpc) is 2.61. The van der Waals surface area contributed by atoms with E-state index in [2.05, 4.69) is 22.5 Å². The molecule has 0 fully saturated rings. The lowest BCUT2D eigenvalue weighted by Gasteiger charge is -2.25. The number of aromatic nitrogens is 2. The minimum absolute atomic E-state index is 0.190. The van der Waals surface area contributed by atoms with Crippen molar-refractivity contribution in [3.63, 3.8) is 0 Å². The highest BCUT2D eigenvalue weighted by molar-refractivity contribution is 5.80. The number of hydrogen-bond donors (Lipinski definition) is 1. The Labute approximate surface area is 161 Å². The van der Waals surface area contributed by atoms with E-state index in [1.807, 2.05) is 57.8 Å². The van der Waals surface area contributed by atoms with Crippen LogP contribution in [-0.2, 0) is 11.2 Å². The number of amides is 1. The number of carbonyl (C=O) groups is 1. The monoisotopic (exact) mass is 370 g/mol. The second kappa shape index (κ2) is 8.84. The van der Waals surface area contributed by atoms with Crippen LogP contribution in [0.4, 0.5) is 5.69 Å². The fourth-order valence-electron chi connectivity index (χ4n) is 2.84. The number of hydrogen-bond acceptors (Lipinski definition) is 4. The third kappa shape index (κ3) is 5.94. The van der Waals surface area contributed by atoms with Crippen molar-refractivity contribution >= 4 is 11.6 Å². The van der Waals surface area contributed by atoms with Crippen molar-refractivity contribution in [2.75, 3.05) is 18.5 Å². The summed E-state index contributed by atoms with van der Waals surface area (Å²) in [5.41, 5.74) is 1.37. The van der Waals surface area contributed by atoms with E-state index in [9.17, 15) is 9.59 Å². The van der Waals surface area contributed by atoms with Gasteiger partial charge in [-0.3, -0.25) is 9.59 Å². The van der Waals surface area contributed by atoms with Crippen molar-refractivity contribution in [3.8, 4) is 0 Å². The minimum atomic E-state index is -0.611. The number of likely N-dealkylation sites (N-methyl/N-ethyl adjacent to an activating group) is 1. The molecule has 0 aliphatic carbocycles. The normalized spacial score (nSPS) is 12.5. The van der Waals surface area contributed by atoms with Crippen molar-refractivity contribution in [1.82, 2.24) is 15.1 Å². The number of nitrogens with zero attached hydrogens (tertiary/aromatic N) is 3. The molecule has 1 aromatic heterocycles. The van der Waals surface area contributed by atoms with Crippen LogP contribution in [0.5, 0.6) is 0 Å². The van der Waals surface area contributed by atoms with Crippen LogP contribution in [0.1, 0.15) is 45.7 Å². The molecule has 27 heavy (non-hydrogen) atoms. The second-order valence-corrected chi connectivity index (χ2v) is 7.82. The topological polar surface area (TPSA) is 67.2 Å². The Bertz CT molecular complexity index is 809. The molecule has 0 saturated carbocycles. The van der Waals surface area contributed by atoms with E-state index >= 15 is 0 Å². The third-order valence-corrected chi connectivity index (χ3v) is 4.31. The van der Waals surface area contributed by atoms with Crippen molar-refractivity contribution in [1.29, 1.82) is 0 Å². The number of nitrogens with one attached hydrogen (secondary N) is 1. The van der Waals surface area contributed by atoms with Gasteiger partial charge in [0.1, 0.15) is 6.04 Å². The van der Waals surface area contributed by atoms with Crippen LogP contribution >= 0.6 is 0 Å². The summed E-state index contributed by atoms with van der Waals surface area (Å²) in [6, 6.07) is 11.1. The summed E-state index contributed by atoms with van der Waals surface area (Å²) in [7, 11) is 1.94. The molecule has 1 heterocycles. The Morgan fingerprint density at radius 2 is 1.93 bits per heavy atom. The van der Waals surface area contributed by atoms with Crippen molar-refractivity contribution < 1.29 is 4.79 Å². The zero-order chi connectivity index (χ0) is 20.0. The molecule has 1 amide bonds. The van der Waals surface area contributed by atoms with Gasteiger partial charge >= 0.3 is 0 Å². The molecule has 1 aromatic carbocycles. The lowest BCUT2D eigenvalue weighted by Crippen LogP contribution is -2.46. The minimum Gasteiger partial charge on any atom is -0.373 e. The van der Waals surface area contributed by atoms with E-state index in [1.165, 1.54) is 10.2 Å². The molecule has 0 radical (unpaired) electrons. The molecule has 0 spiro atoms. The summed E-state index contributed by atoms with van der Waals surface area (Å²) in [4.78, 5) is 27.1. The van der Waals surface area contributed by atoms with E-state index in [0.717, 1.165) is 18.7 Å². The molecule has 1 unspecified atom stereocenters. The quantitative estimate of drug-likeness (QED) is 0.814. The second-order valence-electron chi connectivity index (χ2n) is 7.82. The molecule has 0 saturated heterocycles. The molecular formula is C21H30N4O2. The zero-order valence-electron chi connectivity index (χ0n) is 16.9.